The van der Waals surface area contributed by atoms with Gasteiger partial charge >= 0.3 is 5.97 Å². The van der Waals surface area contributed by atoms with E-state index in [9.17, 15) is 9.59 Å². The van der Waals surface area contributed by atoms with Crippen LogP contribution in [0.25, 0.3) is 0 Å². The van der Waals surface area contributed by atoms with Crippen molar-refractivity contribution in [2.45, 2.75) is 13.8 Å². The van der Waals surface area contributed by atoms with Gasteiger partial charge in [0.05, 0.1) is 0 Å². The fourth-order valence-electron chi connectivity index (χ4n) is 0.326. The van der Waals surface area contributed by atoms with Crippen molar-refractivity contribution in [3.63, 3.8) is 0 Å². The smallest absolute Gasteiger partial charge is 0.334 e. The van der Waals surface area contributed by atoms with E-state index in [2.05, 4.69) is 16.6 Å². The molecular formula is C7H11NO3. The Kier molecular flexibility index (Phi) is 3.95. The van der Waals surface area contributed by atoms with Crippen molar-refractivity contribution in [2.24, 2.45) is 0 Å². The molecule has 0 spiro atoms. The lowest BCUT2D eigenvalue weighted by molar-refractivity contribution is -0.140. The Balaban J connectivity index is 3.47. The van der Waals surface area contributed by atoms with Crippen LogP contribution in [0.3, 0.4) is 0 Å². The summed E-state index contributed by atoms with van der Waals surface area (Å²) in [6.07, 6.45) is 0. The van der Waals surface area contributed by atoms with Crippen LogP contribution in [0.2, 0.25) is 0 Å². The van der Waals surface area contributed by atoms with Crippen molar-refractivity contribution in [1.29, 1.82) is 0 Å². The molecule has 0 aromatic carbocycles. The van der Waals surface area contributed by atoms with Crippen LogP contribution in [0.15, 0.2) is 12.2 Å². The molecule has 0 aliphatic heterocycles. The zero-order valence-electron chi connectivity index (χ0n) is 6.64. The molecule has 0 unspecified atom stereocenters. The molecule has 4 heteroatoms. The molecule has 0 bridgehead atoms. The first kappa shape index (κ1) is 9.68. The second kappa shape index (κ2) is 4.49. The summed E-state index contributed by atoms with van der Waals surface area (Å²) in [6, 6.07) is 0. The minimum atomic E-state index is -0.501. The Bertz CT molecular complexity index is 186. The maximum atomic E-state index is 10.7. The summed E-state index contributed by atoms with van der Waals surface area (Å²) >= 11 is 0. The molecule has 0 aliphatic carbocycles. The van der Waals surface area contributed by atoms with Crippen LogP contribution in [0.4, 0.5) is 0 Å². The average Bonchev–Trinajstić information content (AvgIpc) is 1.86. The molecule has 0 heterocycles. The fourth-order valence-corrected chi connectivity index (χ4v) is 0.326. The fraction of sp³-hybridized carbons (Fsp3) is 0.429. The van der Waals surface area contributed by atoms with Crippen LogP contribution < -0.4 is 5.32 Å². The molecule has 1 amide bonds. The lowest BCUT2D eigenvalue weighted by Crippen LogP contribution is -2.25. The first-order chi connectivity index (χ1) is 5.04. The standard InChI is InChI=1S/C7H11NO3/c1-5(2)7(10)11-4-8-6(3)9/h1,4H2,2-3H3,(H,8,9). The zero-order valence-corrected chi connectivity index (χ0v) is 6.64. The predicted octanol–water partition coefficient (Wildman–Crippen LogP) is 0.199. The van der Waals surface area contributed by atoms with Gasteiger partial charge in [-0.2, -0.15) is 0 Å². The van der Waals surface area contributed by atoms with E-state index < -0.39 is 5.97 Å². The van der Waals surface area contributed by atoms with Crippen LogP contribution in [-0.2, 0) is 14.3 Å². The van der Waals surface area contributed by atoms with Gasteiger partial charge in [0.15, 0.2) is 6.73 Å². The Morgan fingerprint density at radius 2 is 2.00 bits per heavy atom. The number of carbonyl (C=O) groups excluding carboxylic acids is 2. The van der Waals surface area contributed by atoms with Gasteiger partial charge in [0.1, 0.15) is 0 Å². The highest BCUT2D eigenvalue weighted by Gasteiger charge is 2.01. The van der Waals surface area contributed by atoms with Crippen LogP contribution >= 0.6 is 0 Å². The highest BCUT2D eigenvalue weighted by Crippen LogP contribution is 1.89. The number of rotatable bonds is 3. The minimum absolute atomic E-state index is 0.0962. The van der Waals surface area contributed by atoms with E-state index in [1.165, 1.54) is 13.8 Å². The van der Waals surface area contributed by atoms with Crippen molar-refractivity contribution < 1.29 is 14.3 Å². The highest BCUT2D eigenvalue weighted by atomic mass is 16.5. The molecule has 0 fully saturated rings. The number of amides is 1. The normalized spacial score (nSPS) is 8.55. The molecule has 0 atom stereocenters. The van der Waals surface area contributed by atoms with Gasteiger partial charge in [-0.1, -0.05) is 6.58 Å². The van der Waals surface area contributed by atoms with E-state index in [0.29, 0.717) is 5.57 Å². The van der Waals surface area contributed by atoms with Gasteiger partial charge in [0, 0.05) is 12.5 Å². The van der Waals surface area contributed by atoms with Gasteiger partial charge in [0.2, 0.25) is 5.91 Å². The number of nitrogens with one attached hydrogen (secondary N) is 1. The van der Waals surface area contributed by atoms with Crippen LogP contribution in [0.1, 0.15) is 13.8 Å². The van der Waals surface area contributed by atoms with Gasteiger partial charge in [-0.15, -0.1) is 0 Å². The second-order valence-electron chi connectivity index (χ2n) is 2.09. The first-order valence-electron chi connectivity index (χ1n) is 3.11. The third kappa shape index (κ3) is 5.14. The number of carbonyl (C=O) groups is 2. The number of ether oxygens (including phenoxy) is 1. The Hall–Kier alpha value is -1.32. The van der Waals surface area contributed by atoms with E-state index >= 15 is 0 Å². The first-order valence-corrected chi connectivity index (χ1v) is 3.11. The topological polar surface area (TPSA) is 55.4 Å². The summed E-state index contributed by atoms with van der Waals surface area (Å²) in [5.74, 6) is -0.738. The molecule has 1 N–H and O–H groups in total. The number of esters is 1. The molecule has 0 rings (SSSR count). The predicted molar refractivity (Wildman–Crippen MR) is 39.6 cm³/mol. The molecule has 0 saturated heterocycles. The van der Waals surface area contributed by atoms with Gasteiger partial charge < -0.3 is 10.1 Å². The van der Waals surface area contributed by atoms with Crippen molar-refractivity contribution in [2.75, 3.05) is 6.73 Å². The molecule has 0 saturated carbocycles. The molecule has 0 aromatic heterocycles. The maximum Gasteiger partial charge on any atom is 0.334 e. The van der Waals surface area contributed by atoms with Gasteiger partial charge in [-0.25, -0.2) is 4.79 Å². The molecular weight excluding hydrogens is 146 g/mol. The SMILES string of the molecule is C=C(C)C(=O)OCNC(C)=O. The largest absolute Gasteiger partial charge is 0.441 e. The van der Waals surface area contributed by atoms with Crippen molar-refractivity contribution in [1.82, 2.24) is 5.32 Å². The molecule has 0 aliphatic rings. The molecule has 0 radical (unpaired) electrons. The van der Waals surface area contributed by atoms with Gasteiger partial charge in [-0.05, 0) is 6.92 Å². The summed E-state index contributed by atoms with van der Waals surface area (Å²) in [4.78, 5) is 20.9. The van der Waals surface area contributed by atoms with Crippen LogP contribution in [-0.4, -0.2) is 18.6 Å². The number of hydrogen-bond donors (Lipinski definition) is 1. The monoisotopic (exact) mass is 157 g/mol. The molecule has 11 heavy (non-hydrogen) atoms. The molecule has 62 valence electrons. The summed E-state index contributed by atoms with van der Waals surface area (Å²) < 4.78 is 4.54. The summed E-state index contributed by atoms with van der Waals surface area (Å²) in [5, 5.41) is 2.31. The second-order valence-corrected chi connectivity index (χ2v) is 2.09. The molecule has 0 aromatic rings. The lowest BCUT2D eigenvalue weighted by atomic mass is 10.4. The Morgan fingerprint density at radius 1 is 1.45 bits per heavy atom. The van der Waals surface area contributed by atoms with Gasteiger partial charge in [-0.3, -0.25) is 4.79 Å². The summed E-state index contributed by atoms with van der Waals surface area (Å²) in [6.45, 7) is 6.15. The maximum absolute atomic E-state index is 10.7. The van der Waals surface area contributed by atoms with E-state index in [-0.39, 0.29) is 12.6 Å². The summed E-state index contributed by atoms with van der Waals surface area (Å²) in [7, 11) is 0. The molecule has 4 nitrogen and oxygen atoms in total. The van der Waals surface area contributed by atoms with Crippen LogP contribution in [0.5, 0.6) is 0 Å². The van der Waals surface area contributed by atoms with Crippen LogP contribution in [0, 0.1) is 0 Å². The van der Waals surface area contributed by atoms with Gasteiger partial charge in [0.25, 0.3) is 0 Å². The Morgan fingerprint density at radius 3 is 2.36 bits per heavy atom. The van der Waals surface area contributed by atoms with Crippen molar-refractivity contribution in [3.05, 3.63) is 12.2 Å². The quantitative estimate of drug-likeness (QED) is 0.361. The third-order valence-corrected chi connectivity index (χ3v) is 0.873. The minimum Gasteiger partial charge on any atom is -0.441 e. The van der Waals surface area contributed by atoms with E-state index in [0.717, 1.165) is 0 Å². The Labute approximate surface area is 65.2 Å². The van der Waals surface area contributed by atoms with Crippen molar-refractivity contribution in [3.8, 4) is 0 Å². The third-order valence-electron chi connectivity index (χ3n) is 0.873. The number of hydrogen-bond acceptors (Lipinski definition) is 3. The lowest BCUT2D eigenvalue weighted by Gasteiger charge is -2.03. The average molecular weight is 157 g/mol. The summed E-state index contributed by atoms with van der Waals surface area (Å²) in [5.41, 5.74) is 0.315. The van der Waals surface area contributed by atoms with E-state index in [1.54, 1.807) is 0 Å². The highest BCUT2D eigenvalue weighted by molar-refractivity contribution is 5.87. The van der Waals surface area contributed by atoms with E-state index in [4.69, 9.17) is 0 Å². The van der Waals surface area contributed by atoms with Crippen molar-refractivity contribution >= 4 is 11.9 Å². The van der Waals surface area contributed by atoms with E-state index in [1.807, 2.05) is 0 Å². The zero-order chi connectivity index (χ0) is 8.85.